The van der Waals surface area contributed by atoms with E-state index in [-0.39, 0.29) is 0 Å². The highest BCUT2D eigenvalue weighted by molar-refractivity contribution is 7.80. The number of nitrogens with zero attached hydrogens (tertiary/aromatic N) is 2. The van der Waals surface area contributed by atoms with Crippen LogP contribution in [-0.2, 0) is 4.79 Å². The van der Waals surface area contributed by atoms with Gasteiger partial charge in [0.25, 0.3) is 0 Å². The Bertz CT molecular complexity index is 278. The first-order valence-corrected chi connectivity index (χ1v) is 12.0. The number of thiol groups is 1. The first kappa shape index (κ1) is 27.8. The van der Waals surface area contributed by atoms with Crippen molar-refractivity contribution < 1.29 is 4.79 Å². The van der Waals surface area contributed by atoms with Crippen LogP contribution in [0.25, 0.3) is 0 Å². The highest BCUT2D eigenvalue weighted by Gasteiger charge is 1.94. The number of carbonyl (C=O) groups is 1. The second-order valence-electron chi connectivity index (χ2n) is 6.61. The van der Waals surface area contributed by atoms with E-state index in [9.17, 15) is 0 Å². The number of aromatic nitrogens is 2. The number of carbonyl (C=O) groups excluding carboxylic acids is 1. The molecule has 0 aliphatic heterocycles. The largest absolute Gasteiger partial charge is 0.307 e. The van der Waals surface area contributed by atoms with Crippen molar-refractivity contribution in [2.75, 3.05) is 5.75 Å². The Labute approximate surface area is 172 Å². The summed E-state index contributed by atoms with van der Waals surface area (Å²) in [6, 6.07) is 0. The molecule has 0 N–H and O–H groups in total. The first-order valence-electron chi connectivity index (χ1n) is 10.5. The van der Waals surface area contributed by atoms with E-state index >= 15 is 0 Å². The van der Waals surface area contributed by atoms with Gasteiger partial charge in [-0.15, -0.1) is 5.10 Å². The Morgan fingerprint density at radius 2 is 1.12 bits per heavy atom. The van der Waals surface area contributed by atoms with Crippen molar-refractivity contribution in [2.45, 2.75) is 110 Å². The molecular weight excluding hydrogens is 360 g/mol. The zero-order valence-corrected chi connectivity index (χ0v) is 18.8. The SMILES string of the molecule is C=O.CCCCCCCCCCCCCCCCCCS.c1csnn1. The zero-order valence-electron chi connectivity index (χ0n) is 17.0. The summed E-state index contributed by atoms with van der Waals surface area (Å²) in [5, 5.41) is 5.31. The molecule has 0 saturated heterocycles. The lowest BCUT2D eigenvalue weighted by molar-refractivity contribution is -0.0979. The molecule has 0 unspecified atom stereocenters. The fraction of sp³-hybridized carbons (Fsp3) is 0.857. The van der Waals surface area contributed by atoms with Gasteiger partial charge in [0.15, 0.2) is 0 Å². The maximum atomic E-state index is 8.00. The average Bonchev–Trinajstić information content (AvgIpc) is 3.27. The second kappa shape index (κ2) is 29.3. The molecular formula is C21H42N2OS2. The topological polar surface area (TPSA) is 42.9 Å². The highest BCUT2D eigenvalue weighted by Crippen LogP contribution is 2.13. The molecule has 0 radical (unpaired) electrons. The lowest BCUT2D eigenvalue weighted by Crippen LogP contribution is -1.83. The molecule has 26 heavy (non-hydrogen) atoms. The molecule has 0 atom stereocenters. The summed E-state index contributed by atoms with van der Waals surface area (Å²) in [5.74, 6) is 1.07. The number of hydrogen-bond donors (Lipinski definition) is 1. The minimum absolute atomic E-state index is 1.07. The van der Waals surface area contributed by atoms with Crippen molar-refractivity contribution in [2.24, 2.45) is 0 Å². The first-order chi connectivity index (χ1) is 12.9. The van der Waals surface area contributed by atoms with E-state index in [1.165, 1.54) is 114 Å². The van der Waals surface area contributed by atoms with Crippen molar-refractivity contribution in [3.63, 3.8) is 0 Å². The van der Waals surface area contributed by atoms with Crippen LogP contribution in [0.1, 0.15) is 110 Å². The minimum Gasteiger partial charge on any atom is -0.307 e. The number of hydrogen-bond acceptors (Lipinski definition) is 5. The fourth-order valence-electron chi connectivity index (χ4n) is 2.80. The molecule has 0 spiro atoms. The minimum atomic E-state index is 1.07. The summed E-state index contributed by atoms with van der Waals surface area (Å²) in [5.41, 5.74) is 0. The predicted molar refractivity (Wildman–Crippen MR) is 120 cm³/mol. The van der Waals surface area contributed by atoms with Crippen LogP contribution in [0, 0.1) is 0 Å². The van der Waals surface area contributed by atoms with Crippen LogP contribution in [0.5, 0.6) is 0 Å². The Hall–Kier alpha value is -0.420. The van der Waals surface area contributed by atoms with Gasteiger partial charge in [-0.05, 0) is 23.7 Å². The number of rotatable bonds is 16. The van der Waals surface area contributed by atoms with Crippen molar-refractivity contribution >= 4 is 31.0 Å². The molecule has 3 nitrogen and oxygen atoms in total. The van der Waals surface area contributed by atoms with Gasteiger partial charge in [0, 0.05) is 5.38 Å². The molecule has 0 amide bonds. The van der Waals surface area contributed by atoms with Crippen molar-refractivity contribution in [3.8, 4) is 0 Å². The molecule has 1 aromatic rings. The average molecular weight is 403 g/mol. The Balaban J connectivity index is 0. The van der Waals surface area contributed by atoms with Gasteiger partial charge in [-0.2, -0.15) is 12.6 Å². The van der Waals surface area contributed by atoms with Gasteiger partial charge in [-0.3, -0.25) is 0 Å². The molecule has 5 heteroatoms. The van der Waals surface area contributed by atoms with E-state index in [1.807, 2.05) is 12.2 Å². The summed E-state index contributed by atoms with van der Waals surface area (Å²) in [7, 11) is 0. The van der Waals surface area contributed by atoms with Gasteiger partial charge in [-0.25, -0.2) is 0 Å². The standard InChI is InChI=1S/C18H38S.C2H2N2S.CH2O/c1-2-3-4-5-6-7-8-9-10-11-12-13-14-15-16-17-18-19;1-2-5-4-3-1;1-2/h19H,2-18H2,1H3;1-2H;1H2. The van der Waals surface area contributed by atoms with E-state index in [1.54, 1.807) is 6.20 Å². The van der Waals surface area contributed by atoms with Crippen LogP contribution in [0.15, 0.2) is 11.6 Å². The molecule has 0 bridgehead atoms. The van der Waals surface area contributed by atoms with Crippen LogP contribution in [0.2, 0.25) is 0 Å². The van der Waals surface area contributed by atoms with Gasteiger partial charge in [-0.1, -0.05) is 108 Å². The highest BCUT2D eigenvalue weighted by atomic mass is 32.1. The molecule has 0 aliphatic carbocycles. The maximum absolute atomic E-state index is 8.00. The van der Waals surface area contributed by atoms with Crippen molar-refractivity contribution in [3.05, 3.63) is 11.6 Å². The lowest BCUT2D eigenvalue weighted by atomic mass is 10.0. The van der Waals surface area contributed by atoms with Crippen molar-refractivity contribution in [1.82, 2.24) is 9.59 Å². The molecule has 154 valence electrons. The third kappa shape index (κ3) is 28.4. The van der Waals surface area contributed by atoms with Gasteiger partial charge in [0.1, 0.15) is 6.79 Å². The fourth-order valence-corrected chi connectivity index (χ4v) is 3.29. The molecule has 0 fully saturated rings. The smallest absolute Gasteiger partial charge is 0.106 e. The monoisotopic (exact) mass is 402 g/mol. The quantitative estimate of drug-likeness (QED) is 0.229. The molecule has 0 saturated carbocycles. The van der Waals surface area contributed by atoms with E-state index in [0.717, 1.165) is 5.75 Å². The normalized spacial score (nSPS) is 9.77. The summed E-state index contributed by atoms with van der Waals surface area (Å²) in [4.78, 5) is 8.00. The van der Waals surface area contributed by atoms with Crippen LogP contribution >= 0.6 is 24.2 Å². The summed E-state index contributed by atoms with van der Waals surface area (Å²) in [6.07, 6.45) is 24.8. The number of unbranched alkanes of at least 4 members (excludes halogenated alkanes) is 15. The third-order valence-corrected chi connectivity index (χ3v) is 5.04. The van der Waals surface area contributed by atoms with E-state index < -0.39 is 0 Å². The van der Waals surface area contributed by atoms with E-state index in [2.05, 4.69) is 29.1 Å². The van der Waals surface area contributed by atoms with Gasteiger partial charge >= 0.3 is 0 Å². The maximum Gasteiger partial charge on any atom is 0.106 e. The van der Waals surface area contributed by atoms with E-state index in [4.69, 9.17) is 4.79 Å². The molecule has 0 aromatic carbocycles. The zero-order chi connectivity index (χ0) is 19.6. The molecule has 1 heterocycles. The van der Waals surface area contributed by atoms with Crippen LogP contribution in [0.4, 0.5) is 0 Å². The van der Waals surface area contributed by atoms with Gasteiger partial charge < -0.3 is 4.79 Å². The Kier molecular flexibility index (Phi) is 31.4. The summed E-state index contributed by atoms with van der Waals surface area (Å²) >= 11 is 5.60. The summed E-state index contributed by atoms with van der Waals surface area (Å²) < 4.78 is 3.51. The predicted octanol–water partition coefficient (Wildman–Crippen LogP) is 7.53. The second-order valence-corrected chi connectivity index (χ2v) is 7.71. The van der Waals surface area contributed by atoms with Gasteiger partial charge in [0.05, 0.1) is 6.20 Å². The Morgan fingerprint density at radius 3 is 1.35 bits per heavy atom. The molecule has 0 aliphatic rings. The van der Waals surface area contributed by atoms with Crippen LogP contribution in [0.3, 0.4) is 0 Å². The summed E-state index contributed by atoms with van der Waals surface area (Å²) in [6.45, 7) is 4.29. The third-order valence-electron chi connectivity index (χ3n) is 4.29. The molecule has 1 rings (SSSR count). The van der Waals surface area contributed by atoms with Gasteiger partial charge in [0.2, 0.25) is 0 Å². The molecule has 1 aromatic heterocycles. The Morgan fingerprint density at radius 1 is 0.731 bits per heavy atom. The lowest BCUT2D eigenvalue weighted by Gasteiger charge is -2.03. The van der Waals surface area contributed by atoms with E-state index in [0.29, 0.717) is 0 Å². The van der Waals surface area contributed by atoms with Crippen LogP contribution < -0.4 is 0 Å². The van der Waals surface area contributed by atoms with Crippen molar-refractivity contribution in [1.29, 1.82) is 0 Å². The van der Waals surface area contributed by atoms with Crippen LogP contribution in [-0.4, -0.2) is 22.1 Å².